The monoisotopic (exact) mass is 278 g/mol. The van der Waals surface area contributed by atoms with Crippen molar-refractivity contribution in [2.75, 3.05) is 14.2 Å². The molecule has 3 nitrogen and oxygen atoms in total. The second-order valence-electron chi connectivity index (χ2n) is 3.00. The van der Waals surface area contributed by atoms with Gasteiger partial charge in [-0.15, -0.1) is 0 Å². The number of rotatable bonds is 3. The summed E-state index contributed by atoms with van der Waals surface area (Å²) in [5.41, 5.74) is 0.468. The quantitative estimate of drug-likeness (QED) is 0.924. The molecule has 1 atom stereocenters. The van der Waals surface area contributed by atoms with Gasteiger partial charge in [0.05, 0.1) is 20.3 Å². The van der Waals surface area contributed by atoms with Crippen LogP contribution >= 0.6 is 15.9 Å². The predicted octanol–water partition coefficient (Wildman–Crippen LogP) is 2.66. The van der Waals surface area contributed by atoms with E-state index in [4.69, 9.17) is 9.47 Å². The van der Waals surface area contributed by atoms with Crippen LogP contribution in [-0.4, -0.2) is 19.3 Å². The molecule has 5 heteroatoms. The Labute approximate surface area is 95.9 Å². The van der Waals surface area contributed by atoms with Gasteiger partial charge in [0.2, 0.25) is 0 Å². The molecule has 1 N–H and O–H groups in total. The van der Waals surface area contributed by atoms with Crippen molar-refractivity contribution in [2.45, 2.75) is 13.0 Å². The van der Waals surface area contributed by atoms with Crippen LogP contribution in [0.4, 0.5) is 4.39 Å². The highest BCUT2D eigenvalue weighted by Crippen LogP contribution is 2.41. The molecule has 0 aliphatic carbocycles. The lowest BCUT2D eigenvalue weighted by Gasteiger charge is -2.16. The first-order valence-corrected chi connectivity index (χ1v) is 5.10. The zero-order valence-corrected chi connectivity index (χ0v) is 10.3. The zero-order chi connectivity index (χ0) is 11.6. The standard InChI is InChI=1S/C10H12BrFO3/c1-5(13)8-6(11)4-7(12)9(14-2)10(8)15-3/h4-5,13H,1-3H3. The average molecular weight is 279 g/mol. The molecule has 1 aromatic rings. The van der Waals surface area contributed by atoms with Gasteiger partial charge in [0, 0.05) is 10.0 Å². The third-order valence-corrected chi connectivity index (χ3v) is 2.66. The molecular formula is C10H12BrFO3. The number of halogens is 2. The highest BCUT2D eigenvalue weighted by molar-refractivity contribution is 9.10. The number of methoxy groups -OCH3 is 2. The van der Waals surface area contributed by atoms with E-state index < -0.39 is 11.9 Å². The molecule has 1 rings (SSSR count). The molecule has 0 aliphatic heterocycles. The van der Waals surface area contributed by atoms with Crippen molar-refractivity contribution < 1.29 is 19.0 Å². The lowest BCUT2D eigenvalue weighted by atomic mass is 10.1. The number of benzene rings is 1. The van der Waals surface area contributed by atoms with Crippen molar-refractivity contribution in [1.29, 1.82) is 0 Å². The van der Waals surface area contributed by atoms with Crippen LogP contribution < -0.4 is 9.47 Å². The lowest BCUT2D eigenvalue weighted by molar-refractivity contribution is 0.191. The molecule has 0 aliphatic rings. The minimum Gasteiger partial charge on any atom is -0.492 e. The second-order valence-corrected chi connectivity index (χ2v) is 3.85. The van der Waals surface area contributed by atoms with Gasteiger partial charge in [0.25, 0.3) is 0 Å². The predicted molar refractivity (Wildman–Crippen MR) is 57.8 cm³/mol. The van der Waals surface area contributed by atoms with Gasteiger partial charge in [0.15, 0.2) is 17.3 Å². The molecule has 0 heterocycles. The van der Waals surface area contributed by atoms with Crippen molar-refractivity contribution in [1.82, 2.24) is 0 Å². The van der Waals surface area contributed by atoms with Crippen LogP contribution in [-0.2, 0) is 0 Å². The first kappa shape index (κ1) is 12.3. The lowest BCUT2D eigenvalue weighted by Crippen LogP contribution is -2.02. The van der Waals surface area contributed by atoms with Gasteiger partial charge in [-0.2, -0.15) is 0 Å². The molecular weight excluding hydrogens is 267 g/mol. The molecule has 0 aromatic heterocycles. The minimum absolute atomic E-state index is 0.00315. The van der Waals surface area contributed by atoms with E-state index >= 15 is 0 Å². The largest absolute Gasteiger partial charge is 0.492 e. The highest BCUT2D eigenvalue weighted by atomic mass is 79.9. The Bertz CT molecular complexity index is 366. The molecule has 1 aromatic carbocycles. The van der Waals surface area contributed by atoms with E-state index in [-0.39, 0.29) is 11.5 Å². The normalized spacial score (nSPS) is 12.4. The maximum Gasteiger partial charge on any atom is 0.197 e. The Morgan fingerprint density at radius 3 is 2.27 bits per heavy atom. The van der Waals surface area contributed by atoms with E-state index in [1.54, 1.807) is 6.92 Å². The van der Waals surface area contributed by atoms with Crippen molar-refractivity contribution in [3.63, 3.8) is 0 Å². The van der Waals surface area contributed by atoms with Crippen LogP contribution in [0.5, 0.6) is 11.5 Å². The number of hydrogen-bond donors (Lipinski definition) is 1. The molecule has 1 unspecified atom stereocenters. The molecule has 0 saturated heterocycles. The van der Waals surface area contributed by atoms with Gasteiger partial charge in [0.1, 0.15) is 0 Å². The summed E-state index contributed by atoms with van der Waals surface area (Å²) in [5.74, 6) is -0.332. The van der Waals surface area contributed by atoms with Crippen LogP contribution in [0.15, 0.2) is 10.5 Å². The second kappa shape index (κ2) is 4.81. The summed E-state index contributed by atoms with van der Waals surface area (Å²) in [5, 5.41) is 9.54. The molecule has 0 fully saturated rings. The van der Waals surface area contributed by atoms with E-state index in [1.807, 2.05) is 0 Å². The van der Waals surface area contributed by atoms with E-state index in [1.165, 1.54) is 20.3 Å². The third kappa shape index (κ3) is 2.23. The van der Waals surface area contributed by atoms with E-state index in [0.29, 0.717) is 10.0 Å². The summed E-state index contributed by atoms with van der Waals surface area (Å²) >= 11 is 3.17. The molecule has 0 saturated carbocycles. The van der Waals surface area contributed by atoms with Crippen LogP contribution in [0, 0.1) is 5.82 Å². The molecule has 0 bridgehead atoms. The first-order valence-electron chi connectivity index (χ1n) is 4.30. The fourth-order valence-corrected chi connectivity index (χ4v) is 2.09. The Morgan fingerprint density at radius 2 is 1.87 bits per heavy atom. The van der Waals surface area contributed by atoms with Crippen molar-refractivity contribution in [2.24, 2.45) is 0 Å². The Hall–Kier alpha value is -0.810. The Balaban J connectivity index is 3.49. The minimum atomic E-state index is -0.774. The maximum atomic E-state index is 13.4. The molecule has 0 radical (unpaired) electrons. The van der Waals surface area contributed by atoms with Crippen LogP contribution in [0.25, 0.3) is 0 Å². The molecule has 15 heavy (non-hydrogen) atoms. The Morgan fingerprint density at radius 1 is 1.33 bits per heavy atom. The van der Waals surface area contributed by atoms with Gasteiger partial charge < -0.3 is 14.6 Å². The highest BCUT2D eigenvalue weighted by Gasteiger charge is 2.21. The van der Waals surface area contributed by atoms with Gasteiger partial charge in [-0.1, -0.05) is 15.9 Å². The number of hydrogen-bond acceptors (Lipinski definition) is 3. The summed E-state index contributed by atoms with van der Waals surface area (Å²) in [6.45, 7) is 1.57. The topological polar surface area (TPSA) is 38.7 Å². The molecule has 0 spiro atoms. The first-order chi connectivity index (χ1) is 7.02. The summed E-state index contributed by atoms with van der Waals surface area (Å²) in [4.78, 5) is 0. The van der Waals surface area contributed by atoms with Crippen molar-refractivity contribution in [3.8, 4) is 11.5 Å². The molecule has 0 amide bonds. The molecule has 84 valence electrons. The van der Waals surface area contributed by atoms with E-state index in [9.17, 15) is 9.50 Å². The number of aliphatic hydroxyl groups is 1. The van der Waals surface area contributed by atoms with Gasteiger partial charge >= 0.3 is 0 Å². The SMILES string of the molecule is COc1c(F)cc(Br)c(C(C)O)c1OC. The van der Waals surface area contributed by atoms with Gasteiger partial charge in [-0.25, -0.2) is 4.39 Å². The smallest absolute Gasteiger partial charge is 0.197 e. The fourth-order valence-electron chi connectivity index (χ4n) is 1.38. The third-order valence-electron chi connectivity index (χ3n) is 2.00. The summed E-state index contributed by atoms with van der Waals surface area (Å²) in [7, 11) is 2.75. The summed E-state index contributed by atoms with van der Waals surface area (Å²) in [6, 6.07) is 1.24. The fraction of sp³-hybridized carbons (Fsp3) is 0.400. The number of aliphatic hydroxyl groups excluding tert-OH is 1. The average Bonchev–Trinajstić information content (AvgIpc) is 2.15. The summed E-state index contributed by atoms with van der Waals surface area (Å²) < 4.78 is 23.8. The van der Waals surface area contributed by atoms with Crippen molar-refractivity contribution in [3.05, 3.63) is 21.9 Å². The number of ether oxygens (including phenoxy) is 2. The van der Waals surface area contributed by atoms with Crippen LogP contribution in [0.2, 0.25) is 0 Å². The zero-order valence-electron chi connectivity index (χ0n) is 8.67. The van der Waals surface area contributed by atoms with Crippen LogP contribution in [0.3, 0.4) is 0 Å². The van der Waals surface area contributed by atoms with E-state index in [2.05, 4.69) is 15.9 Å². The maximum absolute atomic E-state index is 13.4. The van der Waals surface area contributed by atoms with E-state index in [0.717, 1.165) is 0 Å². The summed E-state index contributed by atoms with van der Waals surface area (Å²) in [6.07, 6.45) is -0.774. The Kier molecular flexibility index (Phi) is 3.93. The van der Waals surface area contributed by atoms with Crippen LogP contribution in [0.1, 0.15) is 18.6 Å². The van der Waals surface area contributed by atoms with Crippen molar-refractivity contribution >= 4 is 15.9 Å². The van der Waals surface area contributed by atoms with Gasteiger partial charge in [-0.3, -0.25) is 0 Å². The van der Waals surface area contributed by atoms with Gasteiger partial charge in [-0.05, 0) is 13.0 Å².